The van der Waals surface area contributed by atoms with Gasteiger partial charge in [0.25, 0.3) is 5.91 Å². The first kappa shape index (κ1) is 20.7. The van der Waals surface area contributed by atoms with Crippen molar-refractivity contribution in [3.8, 4) is 5.75 Å². The zero-order chi connectivity index (χ0) is 21.6. The Morgan fingerprint density at radius 2 is 1.77 bits per heavy atom. The lowest BCUT2D eigenvalue weighted by Gasteiger charge is -2.26. The van der Waals surface area contributed by atoms with Crippen molar-refractivity contribution >= 4 is 23.2 Å². The molecule has 4 rings (SSSR count). The first-order chi connectivity index (χ1) is 15.1. The van der Waals surface area contributed by atoms with E-state index < -0.39 is 5.91 Å². The number of amides is 1. The van der Waals surface area contributed by atoms with Crippen LogP contribution >= 0.6 is 0 Å². The van der Waals surface area contributed by atoms with Crippen molar-refractivity contribution in [3.05, 3.63) is 65.2 Å². The average molecular weight is 422 g/mol. The van der Waals surface area contributed by atoms with Crippen LogP contribution < -0.4 is 16.4 Å². The van der Waals surface area contributed by atoms with Gasteiger partial charge in [-0.3, -0.25) is 14.8 Å². The number of benzene rings is 2. The van der Waals surface area contributed by atoms with E-state index >= 15 is 0 Å². The minimum atomic E-state index is -0.589. The van der Waals surface area contributed by atoms with Crippen LogP contribution in [0.2, 0.25) is 0 Å². The Bertz CT molecular complexity index is 1010. The lowest BCUT2D eigenvalue weighted by Crippen LogP contribution is -2.35. The number of rotatable bonds is 8. The van der Waals surface area contributed by atoms with Crippen molar-refractivity contribution in [2.24, 2.45) is 5.73 Å². The smallest absolute Gasteiger partial charge is 0.256 e. The Kier molecular flexibility index (Phi) is 6.34. The van der Waals surface area contributed by atoms with E-state index in [1.165, 1.54) is 5.56 Å². The lowest BCUT2D eigenvalue weighted by atomic mass is 10.2. The molecule has 2 aromatic carbocycles. The molecule has 0 aliphatic carbocycles. The fourth-order valence-corrected chi connectivity index (χ4v) is 3.45. The van der Waals surface area contributed by atoms with E-state index in [-0.39, 0.29) is 11.3 Å². The van der Waals surface area contributed by atoms with Crippen LogP contribution in [0.3, 0.4) is 0 Å². The van der Waals surface area contributed by atoms with Crippen LogP contribution in [0.15, 0.2) is 48.5 Å². The molecule has 1 saturated heterocycles. The molecule has 0 atom stereocenters. The van der Waals surface area contributed by atoms with E-state index in [2.05, 4.69) is 37.9 Å². The van der Waals surface area contributed by atoms with Gasteiger partial charge in [-0.25, -0.2) is 0 Å². The molecule has 0 saturated carbocycles. The van der Waals surface area contributed by atoms with E-state index in [9.17, 15) is 9.90 Å². The molecule has 9 heteroatoms. The fourth-order valence-electron chi connectivity index (χ4n) is 3.45. The summed E-state index contributed by atoms with van der Waals surface area (Å²) in [7, 11) is 0. The van der Waals surface area contributed by atoms with Crippen LogP contribution in [0.25, 0.3) is 0 Å². The number of carbonyl (C=O) groups excluding carboxylic acids is 1. The fraction of sp³-hybridized carbons (Fsp3) is 0.273. The van der Waals surface area contributed by atoms with Crippen LogP contribution in [-0.4, -0.2) is 52.4 Å². The first-order valence-corrected chi connectivity index (χ1v) is 10.1. The van der Waals surface area contributed by atoms with E-state index in [0.717, 1.165) is 44.1 Å². The summed E-state index contributed by atoms with van der Waals surface area (Å²) in [6.45, 7) is 4.75. The number of hydrogen-bond acceptors (Lipinski definition) is 7. The second-order valence-corrected chi connectivity index (χ2v) is 7.42. The third kappa shape index (κ3) is 5.33. The number of H-pyrrole nitrogens is 1. The molecule has 0 spiro atoms. The summed E-state index contributed by atoms with van der Waals surface area (Å²) in [6, 6.07) is 14.8. The monoisotopic (exact) mass is 422 g/mol. The number of carbonyl (C=O) groups is 1. The number of nitrogens with one attached hydrogen (secondary N) is 3. The summed E-state index contributed by atoms with van der Waals surface area (Å²) >= 11 is 0. The predicted molar refractivity (Wildman–Crippen MR) is 118 cm³/mol. The number of hydrogen-bond donors (Lipinski definition) is 5. The third-order valence-electron chi connectivity index (χ3n) is 5.14. The summed E-state index contributed by atoms with van der Waals surface area (Å²) in [4.78, 5) is 14.4. The van der Waals surface area contributed by atoms with Crippen molar-refractivity contribution < 1.29 is 14.6 Å². The Morgan fingerprint density at radius 3 is 2.45 bits per heavy atom. The average Bonchev–Trinajstić information content (AvgIpc) is 3.18. The lowest BCUT2D eigenvalue weighted by molar-refractivity contribution is 0.0342. The number of nitrogens with two attached hydrogens (primary N) is 1. The summed E-state index contributed by atoms with van der Waals surface area (Å²) in [6.07, 6.45) is 0. The number of aromatic nitrogens is 2. The molecule has 1 aromatic heterocycles. The maximum Gasteiger partial charge on any atom is 0.256 e. The second-order valence-electron chi connectivity index (χ2n) is 7.42. The maximum atomic E-state index is 12.1. The highest BCUT2D eigenvalue weighted by atomic mass is 16.5. The van der Waals surface area contributed by atoms with Gasteiger partial charge in [0.2, 0.25) is 0 Å². The van der Waals surface area contributed by atoms with Gasteiger partial charge < -0.3 is 26.2 Å². The first-order valence-electron chi connectivity index (χ1n) is 10.1. The molecule has 1 aliphatic rings. The normalized spacial score (nSPS) is 14.3. The molecule has 1 fully saturated rings. The number of anilines is 3. The van der Waals surface area contributed by atoms with Crippen molar-refractivity contribution in [3.63, 3.8) is 0 Å². The molecular formula is C22H26N6O3. The number of morpholine rings is 1. The zero-order valence-corrected chi connectivity index (χ0v) is 17.1. The molecule has 2 heterocycles. The van der Waals surface area contributed by atoms with Gasteiger partial charge >= 0.3 is 0 Å². The minimum Gasteiger partial charge on any atom is -0.508 e. The molecule has 9 nitrogen and oxygen atoms in total. The van der Waals surface area contributed by atoms with Crippen LogP contribution in [0.5, 0.6) is 5.75 Å². The van der Waals surface area contributed by atoms with E-state index in [1.54, 1.807) is 24.3 Å². The zero-order valence-electron chi connectivity index (χ0n) is 17.1. The number of nitrogens with zero attached hydrogens (tertiary/aromatic N) is 2. The largest absolute Gasteiger partial charge is 0.508 e. The second kappa shape index (κ2) is 9.50. The van der Waals surface area contributed by atoms with Crippen molar-refractivity contribution in [1.29, 1.82) is 0 Å². The Balaban J connectivity index is 1.41. The number of primary amides is 1. The quantitative estimate of drug-likeness (QED) is 0.377. The van der Waals surface area contributed by atoms with Gasteiger partial charge in [0.05, 0.1) is 13.2 Å². The molecule has 3 aromatic rings. The Morgan fingerprint density at radius 1 is 1.10 bits per heavy atom. The summed E-state index contributed by atoms with van der Waals surface area (Å²) in [5.41, 5.74) is 8.82. The molecule has 0 bridgehead atoms. The van der Waals surface area contributed by atoms with E-state index in [4.69, 9.17) is 10.5 Å². The van der Waals surface area contributed by atoms with Gasteiger partial charge in [-0.1, -0.05) is 24.3 Å². The maximum absolute atomic E-state index is 12.1. The molecule has 31 heavy (non-hydrogen) atoms. The molecule has 6 N–H and O–H groups in total. The number of phenols is 1. The third-order valence-corrected chi connectivity index (χ3v) is 5.14. The van der Waals surface area contributed by atoms with Crippen LogP contribution in [0.4, 0.5) is 17.3 Å². The number of ether oxygens (including phenoxy) is 1. The number of aromatic hydroxyl groups is 1. The van der Waals surface area contributed by atoms with Crippen LogP contribution in [-0.2, 0) is 17.8 Å². The van der Waals surface area contributed by atoms with Gasteiger partial charge in [0, 0.05) is 31.9 Å². The standard InChI is InChI=1S/C22H26N6O3/c23-20(30)19-21(24-13-15-3-7-18(29)8-4-15)26-27-22(19)25-17-5-1-16(2-6-17)14-28-9-11-31-12-10-28/h1-8,29H,9-14H2,(H2,23,30)(H3,24,25,26,27). The van der Waals surface area contributed by atoms with Crippen LogP contribution in [0, 0.1) is 0 Å². The highest BCUT2D eigenvalue weighted by Crippen LogP contribution is 2.25. The molecule has 0 radical (unpaired) electrons. The topological polar surface area (TPSA) is 129 Å². The van der Waals surface area contributed by atoms with Gasteiger partial charge in [-0.2, -0.15) is 5.10 Å². The molecule has 0 unspecified atom stereocenters. The van der Waals surface area contributed by atoms with Crippen molar-refractivity contribution in [1.82, 2.24) is 15.1 Å². The molecular weight excluding hydrogens is 396 g/mol. The predicted octanol–water partition coefficient (Wildman–Crippen LogP) is 2.40. The number of aromatic amines is 1. The highest BCUT2D eigenvalue weighted by Gasteiger charge is 2.19. The SMILES string of the molecule is NC(=O)c1c(Nc2ccc(CN3CCOCC3)cc2)n[nH]c1NCc1ccc(O)cc1. The Labute approximate surface area is 180 Å². The summed E-state index contributed by atoms with van der Waals surface area (Å²) in [5.74, 6) is 0.410. The molecule has 162 valence electrons. The van der Waals surface area contributed by atoms with Gasteiger partial charge in [-0.05, 0) is 35.4 Å². The van der Waals surface area contributed by atoms with Crippen molar-refractivity contribution in [2.75, 3.05) is 36.9 Å². The van der Waals surface area contributed by atoms with E-state index in [0.29, 0.717) is 18.2 Å². The summed E-state index contributed by atoms with van der Waals surface area (Å²) < 4.78 is 5.39. The van der Waals surface area contributed by atoms with Gasteiger partial charge in [-0.15, -0.1) is 0 Å². The van der Waals surface area contributed by atoms with E-state index in [1.807, 2.05) is 12.1 Å². The summed E-state index contributed by atoms with van der Waals surface area (Å²) in [5, 5.41) is 22.7. The van der Waals surface area contributed by atoms with Crippen LogP contribution in [0.1, 0.15) is 21.5 Å². The van der Waals surface area contributed by atoms with Gasteiger partial charge in [0.15, 0.2) is 5.82 Å². The number of phenolic OH excluding ortho intramolecular Hbond substituents is 1. The van der Waals surface area contributed by atoms with Crippen molar-refractivity contribution in [2.45, 2.75) is 13.1 Å². The molecule has 1 amide bonds. The molecule has 1 aliphatic heterocycles. The minimum absolute atomic E-state index is 0.200. The highest BCUT2D eigenvalue weighted by molar-refractivity contribution is 6.03. The van der Waals surface area contributed by atoms with Gasteiger partial charge in [0.1, 0.15) is 17.1 Å². The Hall–Kier alpha value is -3.56.